The summed E-state index contributed by atoms with van der Waals surface area (Å²) in [6, 6.07) is 8.32. The molecule has 3 aromatic rings. The van der Waals surface area contributed by atoms with Gasteiger partial charge in [-0.1, -0.05) is 18.2 Å². The third kappa shape index (κ3) is 3.85. The average molecular weight is 489 g/mol. The Morgan fingerprint density at radius 3 is 2.56 bits per heavy atom. The van der Waals surface area contributed by atoms with Crippen LogP contribution in [0.25, 0.3) is 0 Å². The van der Waals surface area contributed by atoms with Gasteiger partial charge in [-0.2, -0.15) is 22.5 Å². The Morgan fingerprint density at radius 1 is 1.09 bits per heavy atom. The van der Waals surface area contributed by atoms with Crippen molar-refractivity contribution < 1.29 is 13.2 Å². The molecule has 6 rings (SSSR count). The molecule has 6 nitrogen and oxygen atoms in total. The second-order valence-electron chi connectivity index (χ2n) is 9.78. The summed E-state index contributed by atoms with van der Waals surface area (Å²) < 4.78 is 47.3. The lowest BCUT2D eigenvalue weighted by molar-refractivity contribution is -0.138. The summed E-state index contributed by atoms with van der Waals surface area (Å²) in [7, 11) is 0. The van der Waals surface area contributed by atoms with E-state index >= 15 is 0 Å². The smallest absolute Gasteiger partial charge is 0.361 e. The van der Waals surface area contributed by atoms with Gasteiger partial charge in [0.05, 0.1) is 11.3 Å². The fraction of sp³-hybridized carbons (Fsp3) is 0.542. The number of nitrogens with one attached hydrogen (secondary N) is 1. The number of piperidine rings is 1. The highest BCUT2D eigenvalue weighted by molar-refractivity contribution is 7.10. The number of halogens is 3. The topological polar surface area (TPSA) is 58.9 Å². The Bertz CT molecular complexity index is 1170. The lowest BCUT2D eigenvalue weighted by Crippen LogP contribution is -2.48. The molecule has 2 unspecified atom stereocenters. The Kier molecular flexibility index (Phi) is 5.31. The Balaban J connectivity index is 1.23. The molecule has 2 fully saturated rings. The van der Waals surface area contributed by atoms with Crippen molar-refractivity contribution in [2.24, 2.45) is 11.8 Å². The van der Waals surface area contributed by atoms with Crippen LogP contribution in [0.15, 0.2) is 30.3 Å². The maximum absolute atomic E-state index is 13.7. The first-order valence-corrected chi connectivity index (χ1v) is 12.7. The predicted octanol–water partition coefficient (Wildman–Crippen LogP) is 5.31. The average Bonchev–Trinajstić information content (AvgIpc) is 3.48. The van der Waals surface area contributed by atoms with Crippen LogP contribution >= 0.6 is 11.5 Å². The number of nitrogens with zero attached hydrogens (tertiary/aromatic N) is 5. The molecule has 1 aliphatic carbocycles. The highest BCUT2D eigenvalue weighted by atomic mass is 32.1. The van der Waals surface area contributed by atoms with E-state index < -0.39 is 17.7 Å². The first kappa shape index (κ1) is 21.9. The fourth-order valence-corrected chi connectivity index (χ4v) is 6.83. The van der Waals surface area contributed by atoms with Crippen molar-refractivity contribution >= 4 is 22.5 Å². The number of rotatable bonds is 4. The highest BCUT2D eigenvalue weighted by Crippen LogP contribution is 2.43. The molecule has 2 aromatic heterocycles. The van der Waals surface area contributed by atoms with Crippen LogP contribution in [0.4, 0.5) is 24.1 Å². The maximum Gasteiger partial charge on any atom is 0.416 e. The number of fused-ring (bicyclic) bond motifs is 3. The molecule has 3 aliphatic rings. The molecule has 2 aliphatic heterocycles. The van der Waals surface area contributed by atoms with Crippen molar-refractivity contribution in [1.82, 2.24) is 19.1 Å². The van der Waals surface area contributed by atoms with Crippen molar-refractivity contribution in [3.63, 3.8) is 0 Å². The van der Waals surface area contributed by atoms with Gasteiger partial charge in [-0.3, -0.25) is 0 Å². The summed E-state index contributed by atoms with van der Waals surface area (Å²) in [5.74, 6) is 1.76. The summed E-state index contributed by atoms with van der Waals surface area (Å²) in [5.41, 5.74) is 0.778. The van der Waals surface area contributed by atoms with Gasteiger partial charge in [-0.15, -0.1) is 5.10 Å². The van der Waals surface area contributed by atoms with Crippen LogP contribution in [0.5, 0.6) is 0 Å². The Morgan fingerprint density at radius 2 is 1.85 bits per heavy atom. The van der Waals surface area contributed by atoms with Crippen molar-refractivity contribution in [2.45, 2.75) is 57.3 Å². The molecule has 1 aromatic carbocycles. The first-order chi connectivity index (χ1) is 16.4. The van der Waals surface area contributed by atoms with Gasteiger partial charge in [0, 0.05) is 31.6 Å². The molecule has 1 N–H and O–H groups in total. The van der Waals surface area contributed by atoms with E-state index in [-0.39, 0.29) is 6.04 Å². The number of anilines is 2. The molecular formula is C24H27F3N6S. The molecule has 0 amide bonds. The molecule has 1 saturated heterocycles. The van der Waals surface area contributed by atoms with Crippen molar-refractivity contribution in [3.05, 3.63) is 53.0 Å². The van der Waals surface area contributed by atoms with Crippen molar-refractivity contribution in [3.8, 4) is 0 Å². The molecule has 4 heterocycles. The zero-order chi connectivity index (χ0) is 23.4. The first-order valence-electron chi connectivity index (χ1n) is 11.9. The van der Waals surface area contributed by atoms with Gasteiger partial charge in [0.2, 0.25) is 5.95 Å². The number of hydrogen-bond acceptors (Lipinski definition) is 6. The lowest BCUT2D eigenvalue weighted by atomic mass is 9.88. The molecule has 180 valence electrons. The minimum Gasteiger partial charge on any atom is -0.361 e. The van der Waals surface area contributed by atoms with Crippen LogP contribution in [-0.2, 0) is 12.7 Å². The Hall–Kier alpha value is -2.62. The van der Waals surface area contributed by atoms with Gasteiger partial charge in [-0.05, 0) is 73.7 Å². The van der Waals surface area contributed by atoms with E-state index in [4.69, 9.17) is 4.98 Å². The summed E-state index contributed by atoms with van der Waals surface area (Å²) in [4.78, 5) is 7.20. The summed E-state index contributed by atoms with van der Waals surface area (Å²) in [5, 5.41) is 9.50. The zero-order valence-corrected chi connectivity index (χ0v) is 19.7. The molecule has 0 radical (unpaired) electrons. The van der Waals surface area contributed by atoms with E-state index in [1.54, 1.807) is 28.3 Å². The molecule has 2 bridgehead atoms. The summed E-state index contributed by atoms with van der Waals surface area (Å²) in [6.45, 7) is 4.66. The highest BCUT2D eigenvalue weighted by Gasteiger charge is 2.43. The van der Waals surface area contributed by atoms with Gasteiger partial charge in [0.25, 0.3) is 0 Å². The molecule has 1 saturated carbocycles. The number of aryl methyl sites for hydroxylation is 2. The molecule has 10 heteroatoms. The zero-order valence-electron chi connectivity index (χ0n) is 18.9. The van der Waals surface area contributed by atoms with E-state index in [1.165, 1.54) is 17.1 Å². The van der Waals surface area contributed by atoms with E-state index in [0.29, 0.717) is 42.1 Å². The SMILES string of the molecule is Cc1cc(N2C[C@H]3CC[C@@H](C2)C3Nc2nc3n(n2)CCCC3c2ccccc2C(F)(F)F)sn1. The predicted molar refractivity (Wildman–Crippen MR) is 125 cm³/mol. The minimum absolute atomic E-state index is 0.288. The van der Waals surface area contributed by atoms with Crippen LogP contribution in [0.1, 0.15) is 54.2 Å². The minimum atomic E-state index is -4.39. The van der Waals surface area contributed by atoms with Crippen LogP contribution in [0.3, 0.4) is 0 Å². The number of hydrogen-bond donors (Lipinski definition) is 1. The normalized spacial score (nSPS) is 26.5. The van der Waals surface area contributed by atoms with Gasteiger partial charge in [0.1, 0.15) is 10.8 Å². The van der Waals surface area contributed by atoms with Gasteiger partial charge < -0.3 is 10.2 Å². The van der Waals surface area contributed by atoms with Gasteiger partial charge in [-0.25, -0.2) is 4.68 Å². The second kappa shape index (κ2) is 8.25. The van der Waals surface area contributed by atoms with Crippen LogP contribution in [0.2, 0.25) is 0 Å². The Labute approximate surface area is 200 Å². The third-order valence-corrected chi connectivity index (χ3v) is 8.52. The van der Waals surface area contributed by atoms with E-state index in [9.17, 15) is 13.2 Å². The van der Waals surface area contributed by atoms with Gasteiger partial charge in [0.15, 0.2) is 0 Å². The third-order valence-electron chi connectivity index (χ3n) is 7.57. The quantitative estimate of drug-likeness (QED) is 0.539. The maximum atomic E-state index is 13.7. The van der Waals surface area contributed by atoms with E-state index in [1.807, 2.05) is 6.92 Å². The monoisotopic (exact) mass is 488 g/mol. The molecule has 4 atom stereocenters. The summed E-state index contributed by atoms with van der Waals surface area (Å²) in [6.07, 6.45) is -0.644. The van der Waals surface area contributed by atoms with Crippen LogP contribution < -0.4 is 10.2 Å². The second-order valence-corrected chi connectivity index (χ2v) is 10.6. The largest absolute Gasteiger partial charge is 0.416 e. The fourth-order valence-electron chi connectivity index (χ4n) is 6.05. The van der Waals surface area contributed by atoms with Crippen LogP contribution in [0, 0.1) is 18.8 Å². The standard InChI is InChI=1S/C24H27F3N6S/c1-14-11-20(34-31-14)32-12-15-8-9-16(13-32)21(15)28-23-29-22-18(6-4-10-33(22)30-23)17-5-2-3-7-19(17)24(25,26)27/h2-3,5,7,11,15-16,18,21H,4,6,8-10,12-13H2,1H3,(H,28,30)/t15-,16+,18?,21?. The van der Waals surface area contributed by atoms with Gasteiger partial charge >= 0.3 is 6.18 Å². The molecule has 0 spiro atoms. The number of benzene rings is 1. The van der Waals surface area contributed by atoms with E-state index in [0.717, 1.165) is 38.0 Å². The van der Waals surface area contributed by atoms with Crippen molar-refractivity contribution in [1.29, 1.82) is 0 Å². The van der Waals surface area contributed by atoms with E-state index in [2.05, 4.69) is 25.8 Å². The number of alkyl halides is 3. The molecule has 34 heavy (non-hydrogen) atoms. The van der Waals surface area contributed by atoms with Crippen LogP contribution in [-0.4, -0.2) is 38.3 Å². The lowest BCUT2D eigenvalue weighted by Gasteiger charge is -2.38. The number of aromatic nitrogens is 4. The van der Waals surface area contributed by atoms with Crippen molar-refractivity contribution in [2.75, 3.05) is 23.3 Å². The summed E-state index contributed by atoms with van der Waals surface area (Å²) >= 11 is 1.56. The molecular weight excluding hydrogens is 461 g/mol.